The molecule has 0 saturated heterocycles. The summed E-state index contributed by atoms with van der Waals surface area (Å²) in [7, 11) is -1.15. The second-order valence-electron chi connectivity index (χ2n) is 0.758. The fourth-order valence-electron chi connectivity index (χ4n) is 0.180. The summed E-state index contributed by atoms with van der Waals surface area (Å²) in [6.45, 7) is 0. The van der Waals surface area contributed by atoms with Crippen LogP contribution < -0.4 is 0 Å². The van der Waals surface area contributed by atoms with Crippen LogP contribution in [0.4, 0.5) is 0 Å². The van der Waals surface area contributed by atoms with Crippen LogP contribution in [0.5, 0.6) is 0 Å². The van der Waals surface area contributed by atoms with Gasteiger partial charge in [-0.05, 0) is 0 Å². The molecule has 1 aromatic heterocycles. The van der Waals surface area contributed by atoms with Crippen LogP contribution >= 0.6 is 10.9 Å². The predicted octanol–water partition coefficient (Wildman–Crippen LogP) is 0.204. The number of hydrogen-bond donors (Lipinski definition) is 0. The summed E-state index contributed by atoms with van der Waals surface area (Å²) in [5.74, 6) is 0. The quantitative estimate of drug-likeness (QED) is 0.440. The van der Waals surface area contributed by atoms with Crippen LogP contribution in [0.3, 0.4) is 0 Å². The monoisotopic (exact) mass is 102 g/mol. The molecule has 6 heavy (non-hydrogen) atoms. The number of hydrogen-bond acceptors (Lipinski definition) is 3. The smallest absolute Gasteiger partial charge is 0.184 e. The minimum atomic E-state index is -1.15. The van der Waals surface area contributed by atoms with Crippen molar-refractivity contribution in [3.8, 4) is 0 Å². The van der Waals surface area contributed by atoms with E-state index in [0.29, 0.717) is 0 Å². The summed E-state index contributed by atoms with van der Waals surface area (Å²) >= 11 is 0. The molecule has 32 valence electrons. The molecule has 0 aromatic carbocycles. The van der Waals surface area contributed by atoms with Gasteiger partial charge in [0.15, 0.2) is 5.38 Å². The molecule has 1 heterocycles. The maximum Gasteiger partial charge on any atom is 0.184 e. The van der Waals surface area contributed by atoms with E-state index in [4.69, 9.17) is 0 Å². The van der Waals surface area contributed by atoms with E-state index in [1.165, 1.54) is 11.6 Å². The molecule has 0 aliphatic carbocycles. The van der Waals surface area contributed by atoms with Gasteiger partial charge in [0.05, 0.1) is 15.4 Å². The van der Waals surface area contributed by atoms with Crippen molar-refractivity contribution in [2.75, 3.05) is 0 Å². The Morgan fingerprint density at radius 2 is 2.50 bits per heavy atom. The summed E-state index contributed by atoms with van der Waals surface area (Å²) in [5.41, 5.74) is 0. The van der Waals surface area contributed by atoms with Gasteiger partial charge in [0.2, 0.25) is 0 Å². The van der Waals surface area contributed by atoms with Crippen LogP contribution in [-0.2, 0) is 0 Å². The van der Waals surface area contributed by atoms with Crippen LogP contribution in [0.1, 0.15) is 0 Å². The molecule has 0 aliphatic rings. The molecule has 0 radical (unpaired) electrons. The van der Waals surface area contributed by atoms with Crippen molar-refractivity contribution in [1.82, 2.24) is 9.59 Å². The second kappa shape index (κ2) is 1.32. The van der Waals surface area contributed by atoms with Crippen LogP contribution in [0.15, 0.2) is 11.6 Å². The van der Waals surface area contributed by atoms with Crippen molar-refractivity contribution < 1.29 is 4.55 Å². The van der Waals surface area contributed by atoms with Crippen molar-refractivity contribution in [3.05, 3.63) is 11.6 Å². The van der Waals surface area contributed by atoms with Gasteiger partial charge in [0, 0.05) is 0 Å². The zero-order valence-corrected chi connectivity index (χ0v) is 3.68. The molecule has 3 nitrogen and oxygen atoms in total. The van der Waals surface area contributed by atoms with E-state index in [0.717, 1.165) is 0 Å². The van der Waals surface area contributed by atoms with Gasteiger partial charge in [-0.2, -0.15) is 0 Å². The van der Waals surface area contributed by atoms with Crippen molar-refractivity contribution >= 4 is 10.9 Å². The normalized spacial score (nSPS) is 11.8. The van der Waals surface area contributed by atoms with Crippen LogP contribution in [-0.4, -0.2) is 14.1 Å². The molecule has 1 aromatic rings. The summed E-state index contributed by atoms with van der Waals surface area (Å²) < 4.78 is 13.2. The Morgan fingerprint density at radius 1 is 1.67 bits per heavy atom. The predicted molar refractivity (Wildman–Crippen MR) is 20.7 cm³/mol. The first-order valence-corrected chi connectivity index (χ1v) is 2.55. The van der Waals surface area contributed by atoms with Crippen LogP contribution in [0, 0.1) is 0 Å². The highest BCUT2D eigenvalue weighted by Gasteiger charge is 1.82. The fourth-order valence-corrected chi connectivity index (χ4v) is 0.541. The Morgan fingerprint density at radius 3 is 2.67 bits per heavy atom. The number of nitrogens with zero attached hydrogens (tertiary/aromatic N) is 2. The Balaban J connectivity index is 3.05. The zero-order chi connectivity index (χ0) is 4.41. The average molecular weight is 102 g/mol. The van der Waals surface area contributed by atoms with Crippen molar-refractivity contribution in [3.63, 3.8) is 0 Å². The Hall–Kier alpha value is -0.480. The Labute approximate surface area is 37.6 Å². The van der Waals surface area contributed by atoms with Gasteiger partial charge >= 0.3 is 0 Å². The average Bonchev–Trinajstić information content (AvgIpc) is 1.86. The molecule has 0 aliphatic heterocycles. The minimum Gasteiger partial charge on any atom is -0.567 e. The highest BCUT2D eigenvalue weighted by Crippen LogP contribution is 1.97. The second-order valence-corrected chi connectivity index (χ2v) is 1.75. The van der Waals surface area contributed by atoms with E-state index >= 15 is 0 Å². The molecule has 4 heteroatoms. The Bertz CT molecular complexity index is 115. The standard InChI is InChI=1S/C2H2N2OS/c5-6-2-1-3-4-6/h1-2H. The van der Waals surface area contributed by atoms with E-state index in [1.807, 2.05) is 0 Å². The van der Waals surface area contributed by atoms with Crippen molar-refractivity contribution in [2.24, 2.45) is 0 Å². The highest BCUT2D eigenvalue weighted by molar-refractivity contribution is 7.17. The maximum atomic E-state index is 10.0. The molecule has 1 rings (SSSR count). The van der Waals surface area contributed by atoms with Crippen molar-refractivity contribution in [1.29, 1.82) is 0 Å². The SMILES string of the molecule is [O-][s+]1ccnn1. The molecule has 0 N–H and O–H groups in total. The molecule has 0 spiro atoms. The lowest BCUT2D eigenvalue weighted by atomic mass is 11.1. The van der Waals surface area contributed by atoms with Crippen molar-refractivity contribution in [2.45, 2.75) is 0 Å². The van der Waals surface area contributed by atoms with E-state index < -0.39 is 10.9 Å². The lowest BCUT2D eigenvalue weighted by Gasteiger charge is -1.68. The van der Waals surface area contributed by atoms with E-state index in [1.54, 1.807) is 0 Å². The third-order valence-electron chi connectivity index (χ3n) is 0.372. The lowest BCUT2D eigenvalue weighted by molar-refractivity contribution is 0.589. The molecule has 0 amide bonds. The first kappa shape index (κ1) is 3.70. The topological polar surface area (TPSA) is 48.8 Å². The summed E-state index contributed by atoms with van der Waals surface area (Å²) in [6.07, 6.45) is 1.41. The van der Waals surface area contributed by atoms with E-state index in [-0.39, 0.29) is 0 Å². The van der Waals surface area contributed by atoms with Gasteiger partial charge in [-0.1, -0.05) is 0 Å². The van der Waals surface area contributed by atoms with Gasteiger partial charge in [0.25, 0.3) is 0 Å². The summed E-state index contributed by atoms with van der Waals surface area (Å²) in [4.78, 5) is 0. The van der Waals surface area contributed by atoms with Gasteiger partial charge in [0.1, 0.15) is 6.20 Å². The first-order valence-electron chi connectivity index (χ1n) is 1.38. The summed E-state index contributed by atoms with van der Waals surface area (Å²) in [6, 6.07) is 0. The van der Waals surface area contributed by atoms with Gasteiger partial charge in [-0.15, -0.1) is 5.10 Å². The summed E-state index contributed by atoms with van der Waals surface area (Å²) in [5, 5.41) is 4.73. The van der Waals surface area contributed by atoms with E-state index in [9.17, 15) is 4.55 Å². The molecular formula is C2H2N2OS. The number of rotatable bonds is 0. The lowest BCUT2D eigenvalue weighted by Crippen LogP contribution is -1.58. The third kappa shape index (κ3) is 0.526. The molecule has 0 saturated carbocycles. The first-order chi connectivity index (χ1) is 2.89. The molecule has 0 fully saturated rings. The highest BCUT2D eigenvalue weighted by atomic mass is 32.2. The maximum absolute atomic E-state index is 10.0. The van der Waals surface area contributed by atoms with Gasteiger partial charge < -0.3 is 4.55 Å². The van der Waals surface area contributed by atoms with Crippen LogP contribution in [0.25, 0.3) is 0 Å². The number of aromatic nitrogens is 2. The van der Waals surface area contributed by atoms with Crippen LogP contribution in [0.2, 0.25) is 0 Å². The Kier molecular flexibility index (Phi) is 0.813. The van der Waals surface area contributed by atoms with E-state index in [2.05, 4.69) is 9.59 Å². The fraction of sp³-hybridized carbons (Fsp3) is 0. The van der Waals surface area contributed by atoms with Gasteiger partial charge in [-0.3, -0.25) is 0 Å². The third-order valence-corrected chi connectivity index (χ3v) is 0.981. The molecular weight excluding hydrogens is 100 g/mol. The minimum absolute atomic E-state index is 1.15. The molecule has 0 bridgehead atoms. The molecule has 1 unspecified atom stereocenters. The molecule has 1 atom stereocenters. The largest absolute Gasteiger partial charge is 0.567 e. The zero-order valence-electron chi connectivity index (χ0n) is 2.87. The van der Waals surface area contributed by atoms with Gasteiger partial charge in [-0.25, -0.2) is 0 Å².